The lowest BCUT2D eigenvalue weighted by atomic mass is 10.1. The Morgan fingerprint density at radius 2 is 2.04 bits per heavy atom. The molecule has 0 aliphatic rings. The maximum absolute atomic E-state index is 12.3. The first kappa shape index (κ1) is 17.4. The van der Waals surface area contributed by atoms with Crippen molar-refractivity contribution in [3.8, 4) is 11.1 Å². The Morgan fingerprint density at radius 1 is 1.28 bits per heavy atom. The van der Waals surface area contributed by atoms with E-state index < -0.39 is 6.04 Å². The maximum atomic E-state index is 12.3. The number of nitrogens with zero attached hydrogens (tertiary/aromatic N) is 1. The smallest absolute Gasteiger partial charge is 0.241 e. The van der Waals surface area contributed by atoms with Gasteiger partial charge in [-0.15, -0.1) is 0 Å². The first-order valence-corrected chi connectivity index (χ1v) is 8.73. The summed E-state index contributed by atoms with van der Waals surface area (Å²) < 4.78 is 0.975. The number of hydrogen-bond donors (Lipinski definition) is 3. The highest BCUT2D eigenvalue weighted by Gasteiger charge is 2.14. The van der Waals surface area contributed by atoms with Crippen molar-refractivity contribution < 1.29 is 4.79 Å². The lowest BCUT2D eigenvalue weighted by Crippen LogP contribution is -2.37. The van der Waals surface area contributed by atoms with Crippen LogP contribution >= 0.6 is 15.9 Å². The molecular weight excluding hydrogens is 380 g/mol. The van der Waals surface area contributed by atoms with Crippen molar-refractivity contribution in [2.75, 3.05) is 5.32 Å². The third kappa shape index (κ3) is 4.35. The highest BCUT2D eigenvalue weighted by molar-refractivity contribution is 9.10. The molecule has 3 rings (SSSR count). The zero-order valence-corrected chi connectivity index (χ0v) is 15.4. The standard InChI is InChI=1S/C19H19BrN4O/c1-12-17(11-22-24-12)14-5-7-16(8-6-14)23-19(25)18(21)10-13-3-2-4-15(20)9-13/h2-9,11,18H,10,21H2,1H3,(H,22,24)(H,23,25)/t18-/m1/s1. The van der Waals surface area contributed by atoms with Gasteiger partial charge >= 0.3 is 0 Å². The van der Waals surface area contributed by atoms with Crippen LogP contribution < -0.4 is 11.1 Å². The van der Waals surface area contributed by atoms with Gasteiger partial charge in [0.05, 0.1) is 12.2 Å². The number of rotatable bonds is 5. The molecule has 128 valence electrons. The molecular formula is C19H19BrN4O. The summed E-state index contributed by atoms with van der Waals surface area (Å²) in [6, 6.07) is 14.8. The number of aromatic nitrogens is 2. The topological polar surface area (TPSA) is 83.8 Å². The molecule has 6 heteroatoms. The molecule has 3 aromatic rings. The molecule has 5 nitrogen and oxygen atoms in total. The molecule has 0 saturated carbocycles. The lowest BCUT2D eigenvalue weighted by molar-refractivity contribution is -0.117. The molecule has 1 heterocycles. The van der Waals surface area contributed by atoms with Crippen molar-refractivity contribution >= 4 is 27.5 Å². The summed E-state index contributed by atoms with van der Waals surface area (Å²) in [5.74, 6) is -0.202. The van der Waals surface area contributed by atoms with Crippen LogP contribution in [0.4, 0.5) is 5.69 Å². The number of aromatic amines is 1. The number of nitrogens with one attached hydrogen (secondary N) is 2. The normalized spacial score (nSPS) is 12.0. The van der Waals surface area contributed by atoms with Gasteiger partial charge in [-0.1, -0.05) is 40.2 Å². The van der Waals surface area contributed by atoms with Crippen LogP contribution in [0.3, 0.4) is 0 Å². The molecule has 0 fully saturated rings. The first-order chi connectivity index (χ1) is 12.0. The van der Waals surface area contributed by atoms with Crippen LogP contribution in [0.1, 0.15) is 11.3 Å². The Bertz CT molecular complexity index is 873. The second-order valence-electron chi connectivity index (χ2n) is 5.92. The van der Waals surface area contributed by atoms with E-state index in [0.717, 1.165) is 32.5 Å². The molecule has 1 aromatic heterocycles. The molecule has 0 radical (unpaired) electrons. The van der Waals surface area contributed by atoms with Gasteiger partial charge in [0.25, 0.3) is 0 Å². The summed E-state index contributed by atoms with van der Waals surface area (Å²) in [6.45, 7) is 1.97. The van der Waals surface area contributed by atoms with Gasteiger partial charge in [-0.2, -0.15) is 5.10 Å². The molecule has 4 N–H and O–H groups in total. The Balaban J connectivity index is 1.63. The zero-order valence-electron chi connectivity index (χ0n) is 13.8. The zero-order chi connectivity index (χ0) is 17.8. The molecule has 1 amide bonds. The SMILES string of the molecule is Cc1[nH]ncc1-c1ccc(NC(=O)[C@H](N)Cc2cccc(Br)c2)cc1. The highest BCUT2D eigenvalue weighted by Crippen LogP contribution is 2.23. The van der Waals surface area contributed by atoms with E-state index in [1.807, 2.05) is 55.5 Å². The van der Waals surface area contributed by atoms with Gasteiger partial charge in [0.2, 0.25) is 5.91 Å². The highest BCUT2D eigenvalue weighted by atomic mass is 79.9. The largest absolute Gasteiger partial charge is 0.325 e. The van der Waals surface area contributed by atoms with E-state index in [2.05, 4.69) is 31.4 Å². The second kappa shape index (κ2) is 7.63. The minimum Gasteiger partial charge on any atom is -0.325 e. The van der Waals surface area contributed by atoms with Crippen molar-refractivity contribution in [3.63, 3.8) is 0 Å². The summed E-state index contributed by atoms with van der Waals surface area (Å²) in [5, 5.41) is 9.80. The minimum absolute atomic E-state index is 0.202. The number of carbonyl (C=O) groups excluding carboxylic acids is 1. The van der Waals surface area contributed by atoms with E-state index in [1.165, 1.54) is 0 Å². The monoisotopic (exact) mass is 398 g/mol. The fourth-order valence-electron chi connectivity index (χ4n) is 2.62. The lowest BCUT2D eigenvalue weighted by Gasteiger charge is -2.13. The third-order valence-electron chi connectivity index (χ3n) is 3.97. The molecule has 0 spiro atoms. The summed E-state index contributed by atoms with van der Waals surface area (Å²) in [6.07, 6.45) is 2.27. The van der Waals surface area contributed by atoms with Crippen LogP contribution in [0.25, 0.3) is 11.1 Å². The summed E-state index contributed by atoms with van der Waals surface area (Å²) in [7, 11) is 0. The predicted molar refractivity (Wildman–Crippen MR) is 103 cm³/mol. The molecule has 25 heavy (non-hydrogen) atoms. The van der Waals surface area contributed by atoms with E-state index in [9.17, 15) is 4.79 Å². The number of benzene rings is 2. The van der Waals surface area contributed by atoms with Crippen molar-refractivity contribution in [2.24, 2.45) is 5.73 Å². The molecule has 0 aliphatic heterocycles. The summed E-state index contributed by atoms with van der Waals surface area (Å²) in [5.41, 5.74) is 10.9. The molecule has 1 atom stereocenters. The van der Waals surface area contributed by atoms with Crippen LogP contribution in [0, 0.1) is 6.92 Å². The van der Waals surface area contributed by atoms with E-state index in [1.54, 1.807) is 6.20 Å². The number of anilines is 1. The van der Waals surface area contributed by atoms with Crippen molar-refractivity contribution in [1.29, 1.82) is 0 Å². The van der Waals surface area contributed by atoms with Gasteiger partial charge in [-0.3, -0.25) is 9.89 Å². The van der Waals surface area contributed by atoms with Gasteiger partial charge in [0.1, 0.15) is 0 Å². The van der Waals surface area contributed by atoms with Crippen molar-refractivity contribution in [2.45, 2.75) is 19.4 Å². The Kier molecular flexibility index (Phi) is 5.31. The Hall–Kier alpha value is -2.44. The van der Waals surface area contributed by atoms with Gasteiger partial charge < -0.3 is 11.1 Å². The molecule has 0 bridgehead atoms. The van der Waals surface area contributed by atoms with Crippen LogP contribution in [0.15, 0.2) is 59.2 Å². The van der Waals surface area contributed by atoms with Crippen molar-refractivity contribution in [3.05, 3.63) is 70.5 Å². The molecule has 2 aromatic carbocycles. The van der Waals surface area contributed by atoms with E-state index in [-0.39, 0.29) is 5.91 Å². The molecule has 0 unspecified atom stereocenters. The first-order valence-electron chi connectivity index (χ1n) is 7.94. The number of H-pyrrole nitrogens is 1. The van der Waals surface area contributed by atoms with Crippen molar-refractivity contribution in [1.82, 2.24) is 10.2 Å². The van der Waals surface area contributed by atoms with Crippen LogP contribution in [-0.4, -0.2) is 22.1 Å². The average Bonchev–Trinajstić information content (AvgIpc) is 3.01. The van der Waals surface area contributed by atoms with Crippen LogP contribution in [0.2, 0.25) is 0 Å². The van der Waals surface area contributed by atoms with Crippen LogP contribution in [-0.2, 0) is 11.2 Å². The number of aryl methyl sites for hydroxylation is 1. The number of carbonyl (C=O) groups is 1. The number of nitrogens with two attached hydrogens (primary N) is 1. The third-order valence-corrected chi connectivity index (χ3v) is 4.47. The quantitative estimate of drug-likeness (QED) is 0.612. The van der Waals surface area contributed by atoms with Crippen LogP contribution in [0.5, 0.6) is 0 Å². The maximum Gasteiger partial charge on any atom is 0.241 e. The fraction of sp³-hybridized carbons (Fsp3) is 0.158. The summed E-state index contributed by atoms with van der Waals surface area (Å²) in [4.78, 5) is 12.3. The Labute approximate surface area is 154 Å². The van der Waals surface area contributed by atoms with Gasteiger partial charge in [-0.05, 0) is 48.7 Å². The molecule has 0 aliphatic carbocycles. The van der Waals surface area contributed by atoms with Gasteiger partial charge in [-0.25, -0.2) is 0 Å². The summed E-state index contributed by atoms with van der Waals surface area (Å²) >= 11 is 3.42. The van der Waals surface area contributed by atoms with E-state index in [0.29, 0.717) is 6.42 Å². The number of hydrogen-bond acceptors (Lipinski definition) is 3. The fourth-order valence-corrected chi connectivity index (χ4v) is 3.07. The van der Waals surface area contributed by atoms with E-state index in [4.69, 9.17) is 5.73 Å². The number of halogens is 1. The van der Waals surface area contributed by atoms with E-state index >= 15 is 0 Å². The van der Waals surface area contributed by atoms with Gasteiger partial charge in [0.15, 0.2) is 0 Å². The minimum atomic E-state index is -0.606. The number of amides is 1. The molecule has 0 saturated heterocycles. The predicted octanol–water partition coefficient (Wildman–Crippen LogP) is 3.66. The Morgan fingerprint density at radius 3 is 2.68 bits per heavy atom. The van der Waals surface area contributed by atoms with Gasteiger partial charge in [0, 0.05) is 21.4 Å². The average molecular weight is 399 g/mol. The second-order valence-corrected chi connectivity index (χ2v) is 6.83.